The standard InChI is InChI=1S/C21H25N5O/c1-24-12-7-10-19(24)18-16-20(26(23-18)17-8-3-2-4-9-17)21(27)22-11-15-25-13-5-6-14-25/h2-4,7-10,12,16H,5-6,11,13-15H2,1H3,(H,22,27). The van der Waals surface area contributed by atoms with E-state index in [0.29, 0.717) is 12.2 Å². The molecule has 1 saturated heterocycles. The van der Waals surface area contributed by atoms with E-state index in [1.54, 1.807) is 4.68 Å². The van der Waals surface area contributed by atoms with E-state index in [2.05, 4.69) is 10.2 Å². The second-order valence-corrected chi connectivity index (χ2v) is 6.97. The smallest absolute Gasteiger partial charge is 0.270 e. The molecular formula is C21H25N5O. The van der Waals surface area contributed by atoms with E-state index >= 15 is 0 Å². The lowest BCUT2D eigenvalue weighted by atomic mass is 10.2. The number of nitrogens with one attached hydrogen (secondary N) is 1. The Morgan fingerprint density at radius 3 is 2.59 bits per heavy atom. The van der Waals surface area contributed by atoms with Gasteiger partial charge in [-0.3, -0.25) is 4.79 Å². The first-order valence-corrected chi connectivity index (χ1v) is 9.50. The second-order valence-electron chi connectivity index (χ2n) is 6.97. The van der Waals surface area contributed by atoms with Gasteiger partial charge >= 0.3 is 0 Å². The molecule has 0 radical (unpaired) electrons. The van der Waals surface area contributed by atoms with Crippen molar-refractivity contribution in [2.45, 2.75) is 12.8 Å². The predicted octanol–water partition coefficient (Wildman–Crippen LogP) is 2.70. The van der Waals surface area contributed by atoms with E-state index in [4.69, 9.17) is 5.10 Å². The summed E-state index contributed by atoms with van der Waals surface area (Å²) in [6, 6.07) is 15.6. The zero-order valence-corrected chi connectivity index (χ0v) is 15.6. The van der Waals surface area contributed by atoms with Crippen molar-refractivity contribution in [3.8, 4) is 17.1 Å². The van der Waals surface area contributed by atoms with E-state index in [1.807, 2.05) is 66.3 Å². The third-order valence-corrected chi connectivity index (χ3v) is 5.06. The number of aryl methyl sites for hydroxylation is 1. The molecule has 27 heavy (non-hydrogen) atoms. The highest BCUT2D eigenvalue weighted by atomic mass is 16.2. The van der Waals surface area contributed by atoms with Crippen molar-refractivity contribution in [3.63, 3.8) is 0 Å². The Labute approximate surface area is 159 Å². The first-order chi connectivity index (χ1) is 13.2. The molecule has 0 saturated carbocycles. The molecule has 0 aliphatic carbocycles. The van der Waals surface area contributed by atoms with Crippen LogP contribution in [-0.4, -0.2) is 51.3 Å². The second kappa shape index (κ2) is 7.80. The molecule has 6 heteroatoms. The molecular weight excluding hydrogens is 338 g/mol. The number of hydrogen-bond acceptors (Lipinski definition) is 3. The molecule has 3 aromatic rings. The number of nitrogens with zero attached hydrogens (tertiary/aromatic N) is 4. The lowest BCUT2D eigenvalue weighted by Gasteiger charge is -2.15. The monoisotopic (exact) mass is 363 g/mol. The summed E-state index contributed by atoms with van der Waals surface area (Å²) < 4.78 is 3.74. The van der Waals surface area contributed by atoms with Crippen LogP contribution in [-0.2, 0) is 7.05 Å². The highest BCUT2D eigenvalue weighted by molar-refractivity contribution is 5.94. The molecule has 1 fully saturated rings. The van der Waals surface area contributed by atoms with Crippen LogP contribution in [0.5, 0.6) is 0 Å². The Balaban J connectivity index is 1.58. The average molecular weight is 363 g/mol. The first kappa shape index (κ1) is 17.5. The minimum atomic E-state index is -0.0917. The van der Waals surface area contributed by atoms with Crippen LogP contribution >= 0.6 is 0 Å². The number of carbonyl (C=O) groups excluding carboxylic acids is 1. The number of likely N-dealkylation sites (tertiary alicyclic amines) is 1. The molecule has 1 N–H and O–H groups in total. The fraction of sp³-hybridized carbons (Fsp3) is 0.333. The SMILES string of the molecule is Cn1cccc1-c1cc(C(=O)NCCN2CCCC2)n(-c2ccccc2)n1. The topological polar surface area (TPSA) is 55.1 Å². The van der Waals surface area contributed by atoms with Crippen LogP contribution in [0.1, 0.15) is 23.3 Å². The summed E-state index contributed by atoms with van der Waals surface area (Å²) in [5.41, 5.74) is 3.20. The summed E-state index contributed by atoms with van der Waals surface area (Å²) in [5, 5.41) is 7.78. The van der Waals surface area contributed by atoms with Crippen LogP contribution in [0.2, 0.25) is 0 Å². The van der Waals surface area contributed by atoms with Crippen molar-refractivity contribution in [1.29, 1.82) is 0 Å². The minimum Gasteiger partial charge on any atom is -0.349 e. The third-order valence-electron chi connectivity index (χ3n) is 5.06. The van der Waals surface area contributed by atoms with Gasteiger partial charge in [-0.15, -0.1) is 0 Å². The van der Waals surface area contributed by atoms with Gasteiger partial charge in [-0.05, 0) is 56.3 Å². The Kier molecular flexibility index (Phi) is 5.07. The van der Waals surface area contributed by atoms with E-state index in [1.165, 1.54) is 12.8 Å². The van der Waals surface area contributed by atoms with Crippen LogP contribution in [0.15, 0.2) is 54.7 Å². The molecule has 4 rings (SSSR count). The van der Waals surface area contributed by atoms with Gasteiger partial charge in [0.1, 0.15) is 11.4 Å². The zero-order chi connectivity index (χ0) is 18.6. The van der Waals surface area contributed by atoms with E-state index < -0.39 is 0 Å². The van der Waals surface area contributed by atoms with Crippen molar-refractivity contribution >= 4 is 5.91 Å². The van der Waals surface area contributed by atoms with Crippen LogP contribution in [0.4, 0.5) is 0 Å². The maximum atomic E-state index is 12.9. The van der Waals surface area contributed by atoms with Gasteiger partial charge in [0, 0.05) is 26.3 Å². The zero-order valence-electron chi connectivity index (χ0n) is 15.6. The Morgan fingerprint density at radius 1 is 1.11 bits per heavy atom. The fourth-order valence-electron chi connectivity index (χ4n) is 3.59. The quantitative estimate of drug-likeness (QED) is 0.733. The van der Waals surface area contributed by atoms with Gasteiger partial charge in [0.25, 0.3) is 5.91 Å². The summed E-state index contributed by atoms with van der Waals surface area (Å²) in [6.07, 6.45) is 4.50. The van der Waals surface area contributed by atoms with Crippen LogP contribution < -0.4 is 5.32 Å². The van der Waals surface area contributed by atoms with E-state index in [-0.39, 0.29) is 5.91 Å². The summed E-state index contributed by atoms with van der Waals surface area (Å²) in [7, 11) is 1.98. The average Bonchev–Trinajstić information content (AvgIpc) is 3.42. The number of hydrogen-bond donors (Lipinski definition) is 1. The van der Waals surface area contributed by atoms with Gasteiger partial charge < -0.3 is 14.8 Å². The molecule has 140 valence electrons. The lowest BCUT2D eigenvalue weighted by Crippen LogP contribution is -2.34. The molecule has 1 aliphatic rings. The Bertz CT molecular complexity index is 906. The number of carbonyl (C=O) groups is 1. The number of aromatic nitrogens is 3. The van der Waals surface area contributed by atoms with Crippen molar-refractivity contribution < 1.29 is 4.79 Å². The van der Waals surface area contributed by atoms with Gasteiger partial charge in [0.05, 0.1) is 11.4 Å². The number of amides is 1. The van der Waals surface area contributed by atoms with Crippen molar-refractivity contribution in [3.05, 3.63) is 60.4 Å². The van der Waals surface area contributed by atoms with Crippen LogP contribution in [0.25, 0.3) is 17.1 Å². The summed E-state index contributed by atoms with van der Waals surface area (Å²) in [6.45, 7) is 3.82. The maximum Gasteiger partial charge on any atom is 0.270 e. The summed E-state index contributed by atoms with van der Waals surface area (Å²) in [4.78, 5) is 15.3. The number of rotatable bonds is 6. The molecule has 2 aromatic heterocycles. The van der Waals surface area contributed by atoms with Gasteiger partial charge in [-0.25, -0.2) is 4.68 Å². The number of para-hydroxylation sites is 1. The summed E-state index contributed by atoms with van der Waals surface area (Å²) in [5.74, 6) is -0.0917. The molecule has 1 aliphatic heterocycles. The highest BCUT2D eigenvalue weighted by Gasteiger charge is 2.19. The van der Waals surface area contributed by atoms with Gasteiger partial charge in [0.2, 0.25) is 0 Å². The van der Waals surface area contributed by atoms with Gasteiger partial charge in [0.15, 0.2) is 0 Å². The maximum absolute atomic E-state index is 12.9. The summed E-state index contributed by atoms with van der Waals surface area (Å²) >= 11 is 0. The van der Waals surface area contributed by atoms with E-state index in [0.717, 1.165) is 36.7 Å². The number of benzene rings is 1. The largest absolute Gasteiger partial charge is 0.349 e. The normalized spacial score (nSPS) is 14.6. The fourth-order valence-corrected chi connectivity index (χ4v) is 3.59. The highest BCUT2D eigenvalue weighted by Crippen LogP contribution is 2.22. The molecule has 3 heterocycles. The molecule has 1 amide bonds. The molecule has 0 bridgehead atoms. The molecule has 0 unspecified atom stereocenters. The predicted molar refractivity (Wildman–Crippen MR) is 106 cm³/mol. The van der Waals surface area contributed by atoms with Crippen LogP contribution in [0.3, 0.4) is 0 Å². The Morgan fingerprint density at radius 2 is 1.89 bits per heavy atom. The van der Waals surface area contributed by atoms with E-state index in [9.17, 15) is 4.79 Å². The molecule has 1 aromatic carbocycles. The van der Waals surface area contributed by atoms with Crippen LogP contribution in [0, 0.1) is 0 Å². The third kappa shape index (κ3) is 3.80. The van der Waals surface area contributed by atoms with Crippen molar-refractivity contribution in [2.75, 3.05) is 26.2 Å². The lowest BCUT2D eigenvalue weighted by molar-refractivity contribution is 0.0942. The first-order valence-electron chi connectivity index (χ1n) is 9.50. The molecule has 6 nitrogen and oxygen atoms in total. The Hall–Kier alpha value is -2.86. The molecule has 0 atom stereocenters. The van der Waals surface area contributed by atoms with Gasteiger partial charge in [-0.1, -0.05) is 18.2 Å². The van der Waals surface area contributed by atoms with Gasteiger partial charge in [-0.2, -0.15) is 5.10 Å². The van der Waals surface area contributed by atoms with Crippen molar-refractivity contribution in [1.82, 2.24) is 24.6 Å². The van der Waals surface area contributed by atoms with Crippen molar-refractivity contribution in [2.24, 2.45) is 7.05 Å². The minimum absolute atomic E-state index is 0.0917. The molecule has 0 spiro atoms.